The third kappa shape index (κ3) is 3.31. The summed E-state index contributed by atoms with van der Waals surface area (Å²) in [5.41, 5.74) is 3.39. The van der Waals surface area contributed by atoms with Gasteiger partial charge in [0.1, 0.15) is 5.75 Å². The standard InChI is InChI=1S/C17H14F3NO2/c1-11-3-2-4-13-10-21(16(22)15(11)13)9-12-5-7-14(8-6-12)23-17(18,19)20/h2-8H,9-10H2,1H3. The highest BCUT2D eigenvalue weighted by molar-refractivity contribution is 5.99. The van der Waals surface area contributed by atoms with Crippen LogP contribution in [0.25, 0.3) is 0 Å². The zero-order chi connectivity index (χ0) is 16.6. The molecule has 1 heterocycles. The van der Waals surface area contributed by atoms with E-state index in [1.807, 2.05) is 25.1 Å². The second kappa shape index (κ2) is 5.61. The number of alkyl halides is 3. The summed E-state index contributed by atoms with van der Waals surface area (Å²) < 4.78 is 40.2. The highest BCUT2D eigenvalue weighted by Crippen LogP contribution is 2.28. The summed E-state index contributed by atoms with van der Waals surface area (Å²) in [6.07, 6.45) is -4.70. The van der Waals surface area contributed by atoms with Gasteiger partial charge in [-0.2, -0.15) is 0 Å². The molecule has 0 N–H and O–H groups in total. The number of rotatable bonds is 3. The Bertz CT molecular complexity index is 738. The van der Waals surface area contributed by atoms with E-state index in [0.717, 1.165) is 22.3 Å². The normalized spacial score (nSPS) is 14.1. The Morgan fingerprint density at radius 1 is 1.13 bits per heavy atom. The smallest absolute Gasteiger partial charge is 0.406 e. The van der Waals surface area contributed by atoms with Gasteiger partial charge in [0.05, 0.1) is 0 Å². The maximum absolute atomic E-state index is 12.4. The lowest BCUT2D eigenvalue weighted by atomic mass is 10.0. The summed E-state index contributed by atoms with van der Waals surface area (Å²) in [6.45, 7) is 2.75. The molecule has 120 valence electrons. The summed E-state index contributed by atoms with van der Waals surface area (Å²) in [7, 11) is 0. The quantitative estimate of drug-likeness (QED) is 0.853. The maximum atomic E-state index is 12.4. The Balaban J connectivity index is 1.72. The number of benzene rings is 2. The van der Waals surface area contributed by atoms with Gasteiger partial charge >= 0.3 is 6.36 Å². The average molecular weight is 321 g/mol. The highest BCUT2D eigenvalue weighted by atomic mass is 19.4. The van der Waals surface area contributed by atoms with Crippen LogP contribution in [0.15, 0.2) is 42.5 Å². The lowest BCUT2D eigenvalue weighted by molar-refractivity contribution is -0.274. The molecule has 0 fully saturated rings. The van der Waals surface area contributed by atoms with Gasteiger partial charge in [-0.25, -0.2) is 0 Å². The van der Waals surface area contributed by atoms with Crippen LogP contribution in [0.3, 0.4) is 0 Å². The Labute approximate surface area is 131 Å². The number of nitrogens with zero attached hydrogens (tertiary/aromatic N) is 1. The molecule has 0 aliphatic carbocycles. The molecule has 2 aromatic rings. The number of carbonyl (C=O) groups is 1. The number of hydrogen-bond donors (Lipinski definition) is 0. The molecule has 3 rings (SSSR count). The molecule has 1 amide bonds. The van der Waals surface area contributed by atoms with Crippen molar-refractivity contribution >= 4 is 5.91 Å². The number of hydrogen-bond acceptors (Lipinski definition) is 2. The fourth-order valence-corrected chi connectivity index (χ4v) is 2.75. The summed E-state index contributed by atoms with van der Waals surface area (Å²) in [5, 5.41) is 0. The number of aryl methyl sites for hydroxylation is 1. The van der Waals surface area contributed by atoms with Gasteiger partial charge in [-0.3, -0.25) is 4.79 Å². The van der Waals surface area contributed by atoms with E-state index in [9.17, 15) is 18.0 Å². The third-order valence-electron chi connectivity index (χ3n) is 3.75. The predicted molar refractivity (Wildman–Crippen MR) is 77.9 cm³/mol. The average Bonchev–Trinajstić information content (AvgIpc) is 2.77. The van der Waals surface area contributed by atoms with Crippen molar-refractivity contribution in [2.45, 2.75) is 26.4 Å². The highest BCUT2D eigenvalue weighted by Gasteiger charge is 2.31. The van der Waals surface area contributed by atoms with E-state index in [4.69, 9.17) is 0 Å². The number of ether oxygens (including phenoxy) is 1. The van der Waals surface area contributed by atoms with Crippen LogP contribution in [0.5, 0.6) is 5.75 Å². The topological polar surface area (TPSA) is 29.5 Å². The molecule has 0 unspecified atom stereocenters. The maximum Gasteiger partial charge on any atom is 0.573 e. The van der Waals surface area contributed by atoms with Gasteiger partial charge in [-0.1, -0.05) is 30.3 Å². The van der Waals surface area contributed by atoms with E-state index in [2.05, 4.69) is 4.74 Å². The molecule has 6 heteroatoms. The van der Waals surface area contributed by atoms with E-state index < -0.39 is 6.36 Å². The molecule has 3 nitrogen and oxygen atoms in total. The first kappa shape index (κ1) is 15.4. The van der Waals surface area contributed by atoms with Crippen molar-refractivity contribution in [3.8, 4) is 5.75 Å². The lowest BCUT2D eigenvalue weighted by Crippen LogP contribution is -2.23. The van der Waals surface area contributed by atoms with Gasteiger partial charge in [0.25, 0.3) is 5.91 Å². The molecule has 0 saturated carbocycles. The third-order valence-corrected chi connectivity index (χ3v) is 3.75. The minimum Gasteiger partial charge on any atom is -0.406 e. The molecule has 0 saturated heterocycles. The monoisotopic (exact) mass is 321 g/mol. The SMILES string of the molecule is Cc1cccc2c1C(=O)N(Cc1ccc(OC(F)(F)F)cc1)C2. The molecule has 0 spiro atoms. The van der Waals surface area contributed by atoms with Gasteiger partial charge < -0.3 is 9.64 Å². The minimum absolute atomic E-state index is 0.0475. The number of halogens is 3. The first-order valence-corrected chi connectivity index (χ1v) is 7.06. The lowest BCUT2D eigenvalue weighted by Gasteiger charge is -2.16. The second-order valence-electron chi connectivity index (χ2n) is 5.46. The molecule has 0 aromatic heterocycles. The molecule has 23 heavy (non-hydrogen) atoms. The predicted octanol–water partition coefficient (Wildman–Crippen LogP) is 4.05. The van der Waals surface area contributed by atoms with Crippen LogP contribution in [-0.2, 0) is 13.1 Å². The van der Waals surface area contributed by atoms with E-state index in [1.165, 1.54) is 24.3 Å². The van der Waals surface area contributed by atoms with Crippen molar-refractivity contribution in [2.75, 3.05) is 0 Å². The summed E-state index contributed by atoms with van der Waals surface area (Å²) in [5.74, 6) is -0.318. The zero-order valence-electron chi connectivity index (χ0n) is 12.4. The van der Waals surface area contributed by atoms with E-state index in [0.29, 0.717) is 13.1 Å². The Kier molecular flexibility index (Phi) is 3.75. The van der Waals surface area contributed by atoms with Crippen molar-refractivity contribution in [2.24, 2.45) is 0 Å². The van der Waals surface area contributed by atoms with Crippen LogP contribution in [0, 0.1) is 6.92 Å². The molecule has 0 radical (unpaired) electrons. The van der Waals surface area contributed by atoms with Gasteiger partial charge in [-0.15, -0.1) is 13.2 Å². The van der Waals surface area contributed by atoms with Crippen LogP contribution >= 0.6 is 0 Å². The first-order valence-electron chi connectivity index (χ1n) is 7.06. The van der Waals surface area contributed by atoms with Crippen molar-refractivity contribution < 1.29 is 22.7 Å². The van der Waals surface area contributed by atoms with Gasteiger partial charge in [0.2, 0.25) is 0 Å². The molecule has 2 aromatic carbocycles. The van der Waals surface area contributed by atoms with Crippen LogP contribution < -0.4 is 4.74 Å². The van der Waals surface area contributed by atoms with E-state index >= 15 is 0 Å². The van der Waals surface area contributed by atoms with Crippen molar-refractivity contribution in [3.05, 3.63) is 64.7 Å². The molecule has 0 bridgehead atoms. The zero-order valence-corrected chi connectivity index (χ0v) is 12.4. The summed E-state index contributed by atoms with van der Waals surface area (Å²) in [6, 6.07) is 11.3. The van der Waals surface area contributed by atoms with Crippen LogP contribution in [0.2, 0.25) is 0 Å². The number of carbonyl (C=O) groups excluding carboxylic acids is 1. The van der Waals surface area contributed by atoms with Gasteiger partial charge in [-0.05, 0) is 35.7 Å². The van der Waals surface area contributed by atoms with E-state index in [-0.39, 0.29) is 11.7 Å². The first-order chi connectivity index (χ1) is 10.8. The van der Waals surface area contributed by atoms with Crippen molar-refractivity contribution in [1.29, 1.82) is 0 Å². The second-order valence-corrected chi connectivity index (χ2v) is 5.46. The molecule has 1 aliphatic rings. The minimum atomic E-state index is -4.70. The van der Waals surface area contributed by atoms with Crippen LogP contribution in [-0.4, -0.2) is 17.2 Å². The number of fused-ring (bicyclic) bond motifs is 1. The molecular formula is C17H14F3NO2. The number of amides is 1. The van der Waals surface area contributed by atoms with Crippen molar-refractivity contribution in [1.82, 2.24) is 4.90 Å². The molecule has 1 aliphatic heterocycles. The van der Waals surface area contributed by atoms with Gasteiger partial charge in [0.15, 0.2) is 0 Å². The summed E-state index contributed by atoms with van der Waals surface area (Å²) >= 11 is 0. The van der Waals surface area contributed by atoms with E-state index in [1.54, 1.807) is 4.90 Å². The summed E-state index contributed by atoms with van der Waals surface area (Å²) in [4.78, 5) is 14.1. The fraction of sp³-hybridized carbons (Fsp3) is 0.235. The Morgan fingerprint density at radius 2 is 1.83 bits per heavy atom. The van der Waals surface area contributed by atoms with Crippen LogP contribution in [0.4, 0.5) is 13.2 Å². The van der Waals surface area contributed by atoms with Crippen molar-refractivity contribution in [3.63, 3.8) is 0 Å². The van der Waals surface area contributed by atoms with Crippen LogP contribution in [0.1, 0.15) is 27.0 Å². The molecule has 0 atom stereocenters. The largest absolute Gasteiger partial charge is 0.573 e. The van der Waals surface area contributed by atoms with Gasteiger partial charge in [0, 0.05) is 18.7 Å². The Hall–Kier alpha value is -2.50. The molecular weight excluding hydrogens is 307 g/mol. The Morgan fingerprint density at radius 3 is 2.43 bits per heavy atom. The fourth-order valence-electron chi connectivity index (χ4n) is 2.75.